The summed E-state index contributed by atoms with van der Waals surface area (Å²) in [6.45, 7) is 0.547. The molecule has 1 saturated carbocycles. The van der Waals surface area contributed by atoms with Crippen LogP contribution in [0.3, 0.4) is 0 Å². The molecule has 3 aromatic rings. The number of carbonyl (C=O) groups excluding carboxylic acids is 1. The predicted molar refractivity (Wildman–Crippen MR) is 127 cm³/mol. The molecule has 1 spiro atoms. The lowest BCUT2D eigenvalue weighted by atomic mass is 9.86. The molecular formula is C26H25N5O4. The van der Waals surface area contributed by atoms with Crippen molar-refractivity contribution in [3.05, 3.63) is 59.3 Å². The molecule has 5 rings (SSSR count). The van der Waals surface area contributed by atoms with Crippen molar-refractivity contribution in [3.8, 4) is 23.1 Å². The van der Waals surface area contributed by atoms with Gasteiger partial charge in [0.15, 0.2) is 0 Å². The van der Waals surface area contributed by atoms with Crippen LogP contribution in [0.15, 0.2) is 42.6 Å². The molecule has 178 valence electrons. The SMILES string of the molecule is Cn1cc(-c2ccc3c(c2)C2(CCO3)CC2C(=O)Nc2cc(C#N)ccc2CCCC(=O)O)nn1. The number of carboxylic acid groups (broad SMARTS) is 1. The van der Waals surface area contributed by atoms with Crippen LogP contribution in [0.1, 0.15) is 42.4 Å². The van der Waals surface area contributed by atoms with Crippen LogP contribution in [0.5, 0.6) is 5.75 Å². The van der Waals surface area contributed by atoms with Gasteiger partial charge in [-0.2, -0.15) is 5.26 Å². The number of aliphatic carboxylic acids is 1. The van der Waals surface area contributed by atoms with Gasteiger partial charge in [0.2, 0.25) is 5.91 Å². The fraction of sp³-hybridized carbons (Fsp3) is 0.346. The van der Waals surface area contributed by atoms with Gasteiger partial charge in [-0.3, -0.25) is 14.3 Å². The molecule has 9 heteroatoms. The summed E-state index contributed by atoms with van der Waals surface area (Å²) in [6, 6.07) is 13.2. The number of nitrogens with one attached hydrogen (secondary N) is 1. The highest BCUT2D eigenvalue weighted by molar-refractivity contribution is 5.97. The minimum atomic E-state index is -0.858. The Bertz CT molecular complexity index is 1360. The molecule has 9 nitrogen and oxygen atoms in total. The Balaban J connectivity index is 1.38. The first-order valence-electron chi connectivity index (χ1n) is 11.6. The van der Waals surface area contributed by atoms with Crippen LogP contribution in [0.2, 0.25) is 0 Å². The Labute approximate surface area is 202 Å². The number of hydrogen-bond donors (Lipinski definition) is 2. The molecule has 0 bridgehead atoms. The number of anilines is 1. The Kier molecular flexibility index (Phi) is 5.73. The Morgan fingerprint density at radius 1 is 1.31 bits per heavy atom. The van der Waals surface area contributed by atoms with Crippen molar-refractivity contribution in [2.45, 2.75) is 37.5 Å². The molecular weight excluding hydrogens is 446 g/mol. The van der Waals surface area contributed by atoms with Crippen LogP contribution in [0, 0.1) is 17.2 Å². The molecule has 35 heavy (non-hydrogen) atoms. The maximum absolute atomic E-state index is 13.4. The number of carboxylic acids is 1. The van der Waals surface area contributed by atoms with Crippen molar-refractivity contribution >= 4 is 17.6 Å². The molecule has 2 aliphatic rings. The van der Waals surface area contributed by atoms with Gasteiger partial charge in [0, 0.05) is 41.6 Å². The van der Waals surface area contributed by atoms with E-state index in [4.69, 9.17) is 9.84 Å². The fourth-order valence-electron chi connectivity index (χ4n) is 5.01. The summed E-state index contributed by atoms with van der Waals surface area (Å²) in [4.78, 5) is 24.3. The number of aromatic nitrogens is 3. The third-order valence-electron chi connectivity index (χ3n) is 6.95. The molecule has 2 N–H and O–H groups in total. The smallest absolute Gasteiger partial charge is 0.303 e. The highest BCUT2D eigenvalue weighted by Gasteiger charge is 2.61. The Hall–Kier alpha value is -4.19. The minimum absolute atomic E-state index is 0.0457. The maximum atomic E-state index is 13.4. The van der Waals surface area contributed by atoms with Crippen LogP contribution in [0.25, 0.3) is 11.3 Å². The number of amides is 1. The minimum Gasteiger partial charge on any atom is -0.493 e. The lowest BCUT2D eigenvalue weighted by molar-refractivity contribution is -0.137. The zero-order valence-electron chi connectivity index (χ0n) is 19.3. The number of nitrogens with zero attached hydrogens (tertiary/aromatic N) is 4. The van der Waals surface area contributed by atoms with Gasteiger partial charge in [0.25, 0.3) is 0 Å². The molecule has 1 fully saturated rings. The highest BCUT2D eigenvalue weighted by atomic mass is 16.5. The van der Waals surface area contributed by atoms with Crippen molar-refractivity contribution in [1.29, 1.82) is 5.26 Å². The quantitative estimate of drug-likeness (QED) is 0.540. The molecule has 1 aliphatic heterocycles. The molecule has 2 atom stereocenters. The van der Waals surface area contributed by atoms with E-state index in [-0.39, 0.29) is 23.7 Å². The lowest BCUT2D eigenvalue weighted by Gasteiger charge is -2.27. The van der Waals surface area contributed by atoms with Crippen LogP contribution in [-0.4, -0.2) is 38.6 Å². The second-order valence-electron chi connectivity index (χ2n) is 9.22. The monoisotopic (exact) mass is 471 g/mol. The molecule has 2 unspecified atom stereocenters. The number of benzene rings is 2. The second-order valence-corrected chi connectivity index (χ2v) is 9.22. The second kappa shape index (κ2) is 8.87. The summed E-state index contributed by atoms with van der Waals surface area (Å²) < 4.78 is 7.55. The van der Waals surface area contributed by atoms with Crippen LogP contribution in [0.4, 0.5) is 5.69 Å². The zero-order valence-corrected chi connectivity index (χ0v) is 19.3. The van der Waals surface area contributed by atoms with Crippen molar-refractivity contribution in [2.24, 2.45) is 13.0 Å². The number of aryl methyl sites for hydroxylation is 2. The molecule has 1 amide bonds. The van der Waals surface area contributed by atoms with Crippen LogP contribution < -0.4 is 10.1 Å². The number of ether oxygens (including phenoxy) is 1. The third kappa shape index (κ3) is 4.35. The average Bonchev–Trinajstić information content (AvgIpc) is 3.40. The van der Waals surface area contributed by atoms with E-state index in [9.17, 15) is 14.9 Å². The summed E-state index contributed by atoms with van der Waals surface area (Å²) >= 11 is 0. The van der Waals surface area contributed by atoms with E-state index in [1.807, 2.05) is 25.4 Å². The third-order valence-corrected chi connectivity index (χ3v) is 6.95. The zero-order chi connectivity index (χ0) is 24.6. The van der Waals surface area contributed by atoms with Crippen LogP contribution >= 0.6 is 0 Å². The number of fused-ring (bicyclic) bond motifs is 2. The standard InChI is InChI=1S/C26H25N5O4/c1-31-15-22(29-30-31)18-7-8-23-19(12-18)26(9-10-35-23)13-20(26)25(34)28-21-11-16(14-27)5-6-17(21)3-2-4-24(32)33/h5-8,11-12,15,20H,2-4,9-10,13H2,1H3,(H,28,34)(H,32,33). The summed E-state index contributed by atoms with van der Waals surface area (Å²) in [5.41, 5.74) is 4.24. The fourth-order valence-corrected chi connectivity index (χ4v) is 5.01. The van der Waals surface area contributed by atoms with Crippen molar-refractivity contribution < 1.29 is 19.4 Å². The van der Waals surface area contributed by atoms with E-state index in [0.29, 0.717) is 37.1 Å². The van der Waals surface area contributed by atoms with E-state index in [0.717, 1.165) is 34.6 Å². The maximum Gasteiger partial charge on any atom is 0.303 e. The largest absolute Gasteiger partial charge is 0.493 e. The molecule has 2 heterocycles. The Morgan fingerprint density at radius 2 is 2.17 bits per heavy atom. The normalized spacial score (nSPS) is 19.9. The first-order chi connectivity index (χ1) is 16.9. The summed E-state index contributed by atoms with van der Waals surface area (Å²) in [6.07, 6.45) is 4.30. The average molecular weight is 472 g/mol. The predicted octanol–water partition coefficient (Wildman–Crippen LogP) is 3.44. The highest BCUT2D eigenvalue weighted by Crippen LogP contribution is 2.61. The number of nitriles is 1. The van der Waals surface area contributed by atoms with Crippen molar-refractivity contribution in [3.63, 3.8) is 0 Å². The van der Waals surface area contributed by atoms with Gasteiger partial charge in [-0.15, -0.1) is 5.10 Å². The van der Waals surface area contributed by atoms with Gasteiger partial charge in [0.05, 0.1) is 24.4 Å². The topological polar surface area (TPSA) is 130 Å². The van der Waals surface area contributed by atoms with E-state index in [1.165, 1.54) is 0 Å². The van der Waals surface area contributed by atoms with Gasteiger partial charge in [-0.1, -0.05) is 11.3 Å². The van der Waals surface area contributed by atoms with E-state index >= 15 is 0 Å². The summed E-state index contributed by atoms with van der Waals surface area (Å²) in [5, 5.41) is 29.5. The van der Waals surface area contributed by atoms with Gasteiger partial charge in [-0.25, -0.2) is 0 Å². The van der Waals surface area contributed by atoms with E-state index < -0.39 is 5.97 Å². The van der Waals surface area contributed by atoms with E-state index in [2.05, 4.69) is 27.8 Å². The lowest BCUT2D eigenvalue weighted by Crippen LogP contribution is -2.27. The summed E-state index contributed by atoms with van der Waals surface area (Å²) in [5.74, 6) is -0.389. The first-order valence-corrected chi connectivity index (χ1v) is 11.6. The molecule has 1 aliphatic carbocycles. The molecule has 2 aromatic carbocycles. The number of carbonyl (C=O) groups is 2. The van der Waals surface area contributed by atoms with Gasteiger partial charge in [-0.05, 0) is 61.6 Å². The first kappa shape index (κ1) is 22.6. The molecule has 1 aromatic heterocycles. The van der Waals surface area contributed by atoms with Gasteiger partial charge < -0.3 is 15.2 Å². The van der Waals surface area contributed by atoms with Crippen LogP contribution in [-0.2, 0) is 28.5 Å². The molecule has 0 radical (unpaired) electrons. The number of hydrogen-bond acceptors (Lipinski definition) is 6. The van der Waals surface area contributed by atoms with Gasteiger partial charge >= 0.3 is 5.97 Å². The summed E-state index contributed by atoms with van der Waals surface area (Å²) in [7, 11) is 1.82. The van der Waals surface area contributed by atoms with E-state index in [1.54, 1.807) is 22.9 Å². The van der Waals surface area contributed by atoms with Gasteiger partial charge in [0.1, 0.15) is 11.4 Å². The molecule has 0 saturated heterocycles. The Morgan fingerprint density at radius 3 is 2.91 bits per heavy atom. The van der Waals surface area contributed by atoms with Crippen molar-refractivity contribution in [1.82, 2.24) is 15.0 Å². The number of rotatable bonds is 7. The van der Waals surface area contributed by atoms with Crippen molar-refractivity contribution in [2.75, 3.05) is 11.9 Å².